The van der Waals surface area contributed by atoms with Gasteiger partial charge in [-0.05, 0) is 67.3 Å². The van der Waals surface area contributed by atoms with Crippen molar-refractivity contribution in [3.8, 4) is 5.75 Å². The molecule has 0 radical (unpaired) electrons. The average molecular weight is 433 g/mol. The number of likely N-dealkylation sites (tertiary alicyclic amines) is 1. The van der Waals surface area contributed by atoms with E-state index in [-0.39, 0.29) is 23.6 Å². The summed E-state index contributed by atoms with van der Waals surface area (Å²) in [5, 5.41) is 2.86. The Hall–Kier alpha value is -3.54. The Morgan fingerprint density at radius 2 is 1.88 bits per heavy atom. The van der Waals surface area contributed by atoms with Crippen LogP contribution >= 0.6 is 0 Å². The molecule has 1 atom stereocenters. The van der Waals surface area contributed by atoms with Crippen LogP contribution in [-0.4, -0.2) is 30.4 Å². The highest BCUT2D eigenvalue weighted by Crippen LogP contribution is 2.33. The van der Waals surface area contributed by atoms with Gasteiger partial charge in [-0.25, -0.2) is 0 Å². The van der Waals surface area contributed by atoms with Gasteiger partial charge in [0.2, 0.25) is 0 Å². The fourth-order valence-corrected chi connectivity index (χ4v) is 4.17. The van der Waals surface area contributed by atoms with Crippen LogP contribution in [0.25, 0.3) is 0 Å². The van der Waals surface area contributed by atoms with Gasteiger partial charge in [0.05, 0.1) is 19.4 Å². The van der Waals surface area contributed by atoms with E-state index >= 15 is 0 Å². The smallest absolute Gasteiger partial charge is 0.291 e. The topological polar surface area (TPSA) is 71.8 Å². The Labute approximate surface area is 188 Å². The van der Waals surface area contributed by atoms with Gasteiger partial charge in [-0.15, -0.1) is 0 Å². The van der Waals surface area contributed by atoms with E-state index in [0.29, 0.717) is 17.8 Å². The third-order valence-electron chi connectivity index (χ3n) is 5.99. The normalized spacial score (nSPS) is 16.3. The maximum atomic E-state index is 13.6. The van der Waals surface area contributed by atoms with Crippen molar-refractivity contribution in [2.75, 3.05) is 19.0 Å². The first-order valence-electron chi connectivity index (χ1n) is 11.0. The zero-order valence-electron chi connectivity index (χ0n) is 18.5. The molecule has 2 aromatic carbocycles. The maximum absolute atomic E-state index is 13.6. The summed E-state index contributed by atoms with van der Waals surface area (Å²) in [4.78, 5) is 28.0. The van der Waals surface area contributed by atoms with Crippen molar-refractivity contribution in [2.45, 2.75) is 38.6 Å². The van der Waals surface area contributed by atoms with Gasteiger partial charge < -0.3 is 19.4 Å². The Bertz CT molecular complexity index is 1070. The number of furan rings is 1. The van der Waals surface area contributed by atoms with Gasteiger partial charge in [-0.2, -0.15) is 0 Å². The maximum Gasteiger partial charge on any atom is 0.291 e. The molecule has 32 heavy (non-hydrogen) atoms. The fraction of sp³-hybridized carbons (Fsp3) is 0.308. The lowest BCUT2D eigenvalue weighted by Gasteiger charge is -2.31. The van der Waals surface area contributed by atoms with Gasteiger partial charge in [-0.3, -0.25) is 9.59 Å². The van der Waals surface area contributed by atoms with Crippen molar-refractivity contribution >= 4 is 17.5 Å². The zero-order valence-corrected chi connectivity index (χ0v) is 18.5. The zero-order chi connectivity index (χ0) is 22.5. The lowest BCUT2D eigenvalue weighted by atomic mass is 9.99. The Morgan fingerprint density at radius 1 is 1.06 bits per heavy atom. The first-order chi connectivity index (χ1) is 15.6. The van der Waals surface area contributed by atoms with E-state index in [9.17, 15) is 9.59 Å². The van der Waals surface area contributed by atoms with Crippen molar-refractivity contribution < 1.29 is 18.7 Å². The molecule has 6 heteroatoms. The lowest BCUT2D eigenvalue weighted by molar-refractivity contribution is 0.0680. The monoisotopic (exact) mass is 432 g/mol. The fourth-order valence-electron chi connectivity index (χ4n) is 4.17. The van der Waals surface area contributed by atoms with Crippen molar-refractivity contribution in [2.24, 2.45) is 0 Å². The molecule has 1 aliphatic heterocycles. The first-order valence-corrected chi connectivity index (χ1v) is 11.0. The number of rotatable bonds is 5. The van der Waals surface area contributed by atoms with Gasteiger partial charge in [0.1, 0.15) is 5.75 Å². The summed E-state index contributed by atoms with van der Waals surface area (Å²) in [7, 11) is 1.65. The van der Waals surface area contributed by atoms with Crippen LogP contribution in [0.2, 0.25) is 0 Å². The predicted molar refractivity (Wildman–Crippen MR) is 123 cm³/mol. The molecule has 0 aliphatic carbocycles. The third kappa shape index (κ3) is 4.69. The van der Waals surface area contributed by atoms with E-state index in [1.165, 1.54) is 6.26 Å². The summed E-state index contributed by atoms with van der Waals surface area (Å²) in [6.45, 7) is 2.61. The molecule has 1 aliphatic rings. The van der Waals surface area contributed by atoms with E-state index in [2.05, 4.69) is 5.32 Å². The van der Waals surface area contributed by atoms with Gasteiger partial charge >= 0.3 is 0 Å². The van der Waals surface area contributed by atoms with E-state index in [1.54, 1.807) is 25.3 Å². The van der Waals surface area contributed by atoms with Crippen LogP contribution in [0.3, 0.4) is 0 Å². The number of carbonyl (C=O) groups excluding carboxylic acids is 2. The standard InChI is InChI=1S/C26H28N2O4/c1-18-9-10-20(17-22(18)27-25(29)24-8-6-16-32-24)26(30)28-15-5-3-4-7-23(28)19-11-13-21(31-2)14-12-19/h6,8-14,16-17,23H,3-5,7,15H2,1-2H3,(H,27,29). The van der Waals surface area contributed by atoms with Gasteiger partial charge in [-0.1, -0.05) is 31.0 Å². The van der Waals surface area contributed by atoms with Gasteiger partial charge in [0.25, 0.3) is 11.8 Å². The van der Waals surface area contributed by atoms with Crippen molar-refractivity contribution in [3.05, 3.63) is 83.3 Å². The van der Waals surface area contributed by atoms with Crippen molar-refractivity contribution in [1.29, 1.82) is 0 Å². The number of nitrogens with zero attached hydrogens (tertiary/aromatic N) is 1. The molecular formula is C26H28N2O4. The molecular weight excluding hydrogens is 404 g/mol. The van der Waals surface area contributed by atoms with Crippen LogP contribution in [0.15, 0.2) is 65.3 Å². The number of methoxy groups -OCH3 is 1. The number of carbonyl (C=O) groups is 2. The van der Waals surface area contributed by atoms with Crippen LogP contribution in [0.4, 0.5) is 5.69 Å². The average Bonchev–Trinajstić information content (AvgIpc) is 3.25. The third-order valence-corrected chi connectivity index (χ3v) is 5.99. The number of ether oxygens (including phenoxy) is 1. The molecule has 0 spiro atoms. The quantitative estimate of drug-likeness (QED) is 0.569. The molecule has 1 unspecified atom stereocenters. The summed E-state index contributed by atoms with van der Waals surface area (Å²) < 4.78 is 10.5. The molecule has 0 saturated carbocycles. The summed E-state index contributed by atoms with van der Waals surface area (Å²) in [5.41, 5.74) is 3.15. The molecule has 1 saturated heterocycles. The van der Waals surface area contributed by atoms with Crippen molar-refractivity contribution in [1.82, 2.24) is 4.90 Å². The summed E-state index contributed by atoms with van der Waals surface area (Å²) in [6.07, 6.45) is 5.55. The number of benzene rings is 2. The SMILES string of the molecule is COc1ccc(C2CCCCCN2C(=O)c2ccc(C)c(NC(=O)c3ccco3)c2)cc1. The lowest BCUT2D eigenvalue weighted by Crippen LogP contribution is -2.35. The summed E-state index contributed by atoms with van der Waals surface area (Å²) >= 11 is 0. The highest BCUT2D eigenvalue weighted by atomic mass is 16.5. The first kappa shape index (κ1) is 21.7. The van der Waals surface area contributed by atoms with E-state index in [1.807, 2.05) is 48.2 Å². The van der Waals surface area contributed by atoms with Crippen LogP contribution < -0.4 is 10.1 Å². The summed E-state index contributed by atoms with van der Waals surface area (Å²) in [6, 6.07) is 16.7. The number of amides is 2. The molecule has 166 valence electrons. The Balaban J connectivity index is 1.60. The second kappa shape index (κ2) is 9.73. The number of nitrogens with one attached hydrogen (secondary N) is 1. The number of anilines is 1. The molecule has 3 aromatic rings. The largest absolute Gasteiger partial charge is 0.497 e. The highest BCUT2D eigenvalue weighted by Gasteiger charge is 2.28. The second-order valence-corrected chi connectivity index (χ2v) is 8.10. The Morgan fingerprint density at radius 3 is 2.59 bits per heavy atom. The number of hydrogen-bond donors (Lipinski definition) is 1. The molecule has 1 fully saturated rings. The van der Waals surface area contributed by atoms with Gasteiger partial charge in [0.15, 0.2) is 5.76 Å². The minimum atomic E-state index is -0.339. The molecule has 6 nitrogen and oxygen atoms in total. The summed E-state index contributed by atoms with van der Waals surface area (Å²) in [5.74, 6) is 0.665. The Kier molecular flexibility index (Phi) is 6.59. The van der Waals surface area contributed by atoms with E-state index in [0.717, 1.165) is 42.6 Å². The molecule has 1 N–H and O–H groups in total. The highest BCUT2D eigenvalue weighted by molar-refractivity contribution is 6.04. The molecule has 2 amide bonds. The molecule has 1 aromatic heterocycles. The van der Waals surface area contributed by atoms with E-state index in [4.69, 9.17) is 9.15 Å². The van der Waals surface area contributed by atoms with E-state index < -0.39 is 0 Å². The van der Waals surface area contributed by atoms with Crippen molar-refractivity contribution in [3.63, 3.8) is 0 Å². The minimum absolute atomic E-state index is 0.0124. The van der Waals surface area contributed by atoms with Crippen LogP contribution in [0.5, 0.6) is 5.75 Å². The number of hydrogen-bond acceptors (Lipinski definition) is 4. The number of aryl methyl sites for hydroxylation is 1. The van der Waals surface area contributed by atoms with Crippen LogP contribution in [-0.2, 0) is 0 Å². The second-order valence-electron chi connectivity index (χ2n) is 8.10. The van der Waals surface area contributed by atoms with Crippen LogP contribution in [0, 0.1) is 6.92 Å². The molecule has 0 bridgehead atoms. The molecule has 4 rings (SSSR count). The predicted octanol–water partition coefficient (Wildman–Crippen LogP) is 5.61. The van der Waals surface area contributed by atoms with Crippen LogP contribution in [0.1, 0.15) is 63.8 Å². The van der Waals surface area contributed by atoms with Gasteiger partial charge in [0, 0.05) is 17.8 Å². The molecule has 2 heterocycles. The minimum Gasteiger partial charge on any atom is -0.497 e.